The number of benzene rings is 1. The molecule has 2 saturated heterocycles. The molecule has 0 aliphatic carbocycles. The van der Waals surface area contributed by atoms with Gasteiger partial charge < -0.3 is 15.0 Å². The Morgan fingerprint density at radius 3 is 2.82 bits per heavy atom. The minimum absolute atomic E-state index is 0.0328. The molecule has 1 amide bonds. The molecule has 2 fully saturated rings. The van der Waals surface area contributed by atoms with E-state index < -0.39 is 0 Å². The van der Waals surface area contributed by atoms with Gasteiger partial charge in [-0.15, -0.1) is 0 Å². The Morgan fingerprint density at radius 1 is 1.18 bits per heavy atom. The minimum Gasteiger partial charge on any atom is -0.373 e. The molecule has 0 radical (unpaired) electrons. The molecule has 2 atom stereocenters. The number of hydrogen-bond acceptors (Lipinski definition) is 3. The fourth-order valence-corrected chi connectivity index (χ4v) is 3.42. The largest absolute Gasteiger partial charge is 0.373 e. The monoisotopic (exact) mass is 302 g/mol. The van der Waals surface area contributed by atoms with E-state index in [1.165, 1.54) is 5.56 Å². The Morgan fingerprint density at radius 2 is 2.00 bits per heavy atom. The third kappa shape index (κ3) is 3.50. The van der Waals surface area contributed by atoms with Crippen LogP contribution in [0.5, 0.6) is 0 Å². The number of amides is 1. The van der Waals surface area contributed by atoms with Crippen molar-refractivity contribution in [3.05, 3.63) is 35.4 Å². The minimum atomic E-state index is -0.0851. The van der Waals surface area contributed by atoms with E-state index in [4.69, 9.17) is 4.74 Å². The van der Waals surface area contributed by atoms with Crippen LogP contribution < -0.4 is 5.32 Å². The van der Waals surface area contributed by atoms with Gasteiger partial charge in [-0.1, -0.05) is 29.8 Å². The number of nitrogens with one attached hydrogen (secondary N) is 1. The summed E-state index contributed by atoms with van der Waals surface area (Å²) in [5.74, 6) is 0.239. The molecule has 120 valence electrons. The first-order valence-electron chi connectivity index (χ1n) is 8.43. The third-order valence-corrected chi connectivity index (χ3v) is 4.70. The van der Waals surface area contributed by atoms with Crippen molar-refractivity contribution in [2.45, 2.75) is 32.3 Å². The first-order chi connectivity index (χ1) is 10.8. The second kappa shape index (κ2) is 7.25. The van der Waals surface area contributed by atoms with Crippen molar-refractivity contribution in [2.24, 2.45) is 5.92 Å². The number of carbonyl (C=O) groups is 1. The number of carbonyl (C=O) groups excluding carboxylic acids is 1. The number of ether oxygens (including phenoxy) is 1. The summed E-state index contributed by atoms with van der Waals surface area (Å²) in [6, 6.07) is 8.42. The van der Waals surface area contributed by atoms with E-state index in [0.717, 1.165) is 57.6 Å². The number of hydrogen-bond donors (Lipinski definition) is 1. The summed E-state index contributed by atoms with van der Waals surface area (Å²) in [5, 5.41) is 3.36. The molecular formula is C18H26N2O2. The summed E-state index contributed by atoms with van der Waals surface area (Å²) < 4.78 is 6.00. The predicted molar refractivity (Wildman–Crippen MR) is 86.7 cm³/mol. The molecule has 4 heteroatoms. The Bertz CT molecular complexity index is 492. The van der Waals surface area contributed by atoms with Crippen molar-refractivity contribution in [3.8, 4) is 0 Å². The first kappa shape index (κ1) is 15.5. The zero-order valence-corrected chi connectivity index (χ0v) is 13.4. The molecule has 2 unspecified atom stereocenters. The maximum atomic E-state index is 13.0. The van der Waals surface area contributed by atoms with Gasteiger partial charge in [0.1, 0.15) is 0 Å². The van der Waals surface area contributed by atoms with Gasteiger partial charge in [0.2, 0.25) is 5.91 Å². The highest BCUT2D eigenvalue weighted by atomic mass is 16.5. The molecule has 0 spiro atoms. The highest BCUT2D eigenvalue weighted by Gasteiger charge is 2.35. The zero-order chi connectivity index (χ0) is 15.4. The fraction of sp³-hybridized carbons (Fsp3) is 0.611. The lowest BCUT2D eigenvalue weighted by molar-refractivity contribution is -0.145. The molecule has 3 rings (SSSR count). The summed E-state index contributed by atoms with van der Waals surface area (Å²) in [7, 11) is 0. The molecule has 2 aliphatic rings. The topological polar surface area (TPSA) is 41.6 Å². The molecule has 1 aromatic carbocycles. The summed E-state index contributed by atoms with van der Waals surface area (Å²) in [4.78, 5) is 15.0. The number of nitrogens with zero attached hydrogens (tertiary/aromatic N) is 1. The standard InChI is InChI=1S/C18H26N2O2/c1-14-5-7-15(8-6-14)17-16(4-2-13-22-17)18(21)20-11-3-9-19-10-12-20/h5-8,16-17,19H,2-4,9-13H2,1H3. The maximum Gasteiger partial charge on any atom is 0.228 e. The average Bonchev–Trinajstić information content (AvgIpc) is 2.84. The molecule has 4 nitrogen and oxygen atoms in total. The van der Waals surface area contributed by atoms with Crippen LogP contribution in [0, 0.1) is 12.8 Å². The van der Waals surface area contributed by atoms with Crippen LogP contribution in [0.15, 0.2) is 24.3 Å². The van der Waals surface area contributed by atoms with Crippen LogP contribution in [0.3, 0.4) is 0 Å². The van der Waals surface area contributed by atoms with E-state index in [9.17, 15) is 4.79 Å². The van der Waals surface area contributed by atoms with Crippen LogP contribution in [0.4, 0.5) is 0 Å². The second-order valence-electron chi connectivity index (χ2n) is 6.38. The van der Waals surface area contributed by atoms with Crippen molar-refractivity contribution < 1.29 is 9.53 Å². The summed E-state index contributed by atoms with van der Waals surface area (Å²) in [6.45, 7) is 6.42. The van der Waals surface area contributed by atoms with Crippen molar-refractivity contribution >= 4 is 5.91 Å². The normalized spacial score (nSPS) is 26.5. The number of aryl methyl sites for hydroxylation is 1. The molecule has 0 bridgehead atoms. The first-order valence-corrected chi connectivity index (χ1v) is 8.43. The average molecular weight is 302 g/mol. The maximum absolute atomic E-state index is 13.0. The quantitative estimate of drug-likeness (QED) is 0.911. The van der Waals surface area contributed by atoms with Gasteiger partial charge in [0.25, 0.3) is 0 Å². The Balaban J connectivity index is 1.76. The molecule has 1 N–H and O–H groups in total. The van der Waals surface area contributed by atoms with Crippen molar-refractivity contribution in [3.63, 3.8) is 0 Å². The van der Waals surface area contributed by atoms with Crippen molar-refractivity contribution in [1.29, 1.82) is 0 Å². The Labute approximate surface area is 132 Å². The van der Waals surface area contributed by atoms with E-state index >= 15 is 0 Å². The molecule has 0 saturated carbocycles. The van der Waals surface area contributed by atoms with Gasteiger partial charge in [0, 0.05) is 26.2 Å². The SMILES string of the molecule is Cc1ccc(C2OCCCC2C(=O)N2CCCNCC2)cc1. The highest BCUT2D eigenvalue weighted by Crippen LogP contribution is 2.35. The predicted octanol–water partition coefficient (Wildman–Crippen LogP) is 2.28. The zero-order valence-electron chi connectivity index (χ0n) is 13.4. The van der Waals surface area contributed by atoms with Gasteiger partial charge in [-0.25, -0.2) is 0 Å². The van der Waals surface area contributed by atoms with E-state index in [2.05, 4.69) is 36.5 Å². The summed E-state index contributed by atoms with van der Waals surface area (Å²) in [5.41, 5.74) is 2.37. The fourth-order valence-electron chi connectivity index (χ4n) is 3.42. The second-order valence-corrected chi connectivity index (χ2v) is 6.38. The lowest BCUT2D eigenvalue weighted by Crippen LogP contribution is -2.42. The molecular weight excluding hydrogens is 276 g/mol. The lowest BCUT2D eigenvalue weighted by Gasteiger charge is -2.34. The van der Waals surface area contributed by atoms with Gasteiger partial charge >= 0.3 is 0 Å². The van der Waals surface area contributed by atoms with Crippen LogP contribution in [0.1, 0.15) is 36.5 Å². The lowest BCUT2D eigenvalue weighted by atomic mass is 9.88. The van der Waals surface area contributed by atoms with Crippen molar-refractivity contribution in [1.82, 2.24) is 10.2 Å². The van der Waals surface area contributed by atoms with Gasteiger partial charge in [-0.3, -0.25) is 4.79 Å². The van der Waals surface area contributed by atoms with Crippen molar-refractivity contribution in [2.75, 3.05) is 32.8 Å². The summed E-state index contributed by atoms with van der Waals surface area (Å²) in [6.07, 6.45) is 2.86. The van der Waals surface area contributed by atoms with E-state index in [1.54, 1.807) is 0 Å². The van der Waals surface area contributed by atoms with Crippen LogP contribution >= 0.6 is 0 Å². The highest BCUT2D eigenvalue weighted by molar-refractivity contribution is 5.80. The van der Waals surface area contributed by atoms with Crippen LogP contribution in [-0.2, 0) is 9.53 Å². The Kier molecular flexibility index (Phi) is 5.11. The smallest absolute Gasteiger partial charge is 0.228 e. The summed E-state index contributed by atoms with van der Waals surface area (Å²) >= 11 is 0. The number of rotatable bonds is 2. The van der Waals surface area contributed by atoms with E-state index in [0.29, 0.717) is 0 Å². The molecule has 22 heavy (non-hydrogen) atoms. The Hall–Kier alpha value is -1.39. The van der Waals surface area contributed by atoms with E-state index in [1.807, 2.05) is 4.90 Å². The molecule has 2 aliphatic heterocycles. The molecule has 0 aromatic heterocycles. The van der Waals surface area contributed by atoms with Gasteiger partial charge in [-0.2, -0.15) is 0 Å². The van der Waals surface area contributed by atoms with Gasteiger partial charge in [0.15, 0.2) is 0 Å². The van der Waals surface area contributed by atoms with Gasteiger partial charge in [-0.05, 0) is 38.3 Å². The van der Waals surface area contributed by atoms with Gasteiger partial charge in [0.05, 0.1) is 12.0 Å². The molecule has 1 aromatic rings. The van der Waals surface area contributed by atoms with E-state index in [-0.39, 0.29) is 17.9 Å². The van der Waals surface area contributed by atoms with Crippen LogP contribution in [0.2, 0.25) is 0 Å². The third-order valence-electron chi connectivity index (χ3n) is 4.70. The van der Waals surface area contributed by atoms with Crippen LogP contribution in [-0.4, -0.2) is 43.6 Å². The van der Waals surface area contributed by atoms with Crippen LogP contribution in [0.25, 0.3) is 0 Å². The molecule has 2 heterocycles.